The Morgan fingerprint density at radius 3 is 2.56 bits per heavy atom. The fraction of sp³-hybridized carbons (Fsp3) is 0.923. The minimum Gasteiger partial charge on any atom is -0.353 e. The van der Waals surface area contributed by atoms with Crippen LogP contribution in [0.15, 0.2) is 0 Å². The number of amides is 1. The van der Waals surface area contributed by atoms with Crippen LogP contribution in [0.3, 0.4) is 0 Å². The number of rotatable bonds is 4. The summed E-state index contributed by atoms with van der Waals surface area (Å²) in [6.07, 6.45) is 5.59. The lowest BCUT2D eigenvalue weighted by atomic mass is 9.91. The molecule has 3 heteroatoms. The van der Waals surface area contributed by atoms with Crippen LogP contribution in [0.2, 0.25) is 0 Å². The summed E-state index contributed by atoms with van der Waals surface area (Å²) in [6.45, 7) is 6.47. The third kappa shape index (κ3) is 2.24. The normalized spacial score (nSPS) is 27.1. The summed E-state index contributed by atoms with van der Waals surface area (Å²) in [5.74, 6) is 0.630. The van der Waals surface area contributed by atoms with Gasteiger partial charge in [-0.3, -0.25) is 4.79 Å². The third-order valence-electron chi connectivity index (χ3n) is 4.44. The largest absolute Gasteiger partial charge is 0.353 e. The van der Waals surface area contributed by atoms with Crippen LogP contribution in [0.5, 0.6) is 0 Å². The van der Waals surface area contributed by atoms with Gasteiger partial charge in [0.1, 0.15) is 0 Å². The van der Waals surface area contributed by atoms with E-state index in [1.807, 2.05) is 0 Å². The van der Waals surface area contributed by atoms with Crippen molar-refractivity contribution in [1.82, 2.24) is 10.6 Å². The maximum Gasteiger partial charge on any atom is 0.223 e. The predicted molar refractivity (Wildman–Crippen MR) is 65.2 cm³/mol. The number of hydrogen-bond donors (Lipinski definition) is 2. The molecule has 1 atom stereocenters. The molecule has 1 aliphatic heterocycles. The van der Waals surface area contributed by atoms with E-state index in [4.69, 9.17) is 0 Å². The van der Waals surface area contributed by atoms with Crippen molar-refractivity contribution in [2.45, 2.75) is 52.0 Å². The van der Waals surface area contributed by atoms with Gasteiger partial charge < -0.3 is 10.6 Å². The molecule has 2 N–H and O–H groups in total. The molecule has 2 fully saturated rings. The molecule has 1 saturated heterocycles. The second kappa shape index (κ2) is 4.74. The number of hydrogen-bond acceptors (Lipinski definition) is 2. The quantitative estimate of drug-likeness (QED) is 0.763. The van der Waals surface area contributed by atoms with E-state index >= 15 is 0 Å². The molecule has 1 amide bonds. The Kier molecular flexibility index (Phi) is 3.53. The molecular weight excluding hydrogens is 200 g/mol. The van der Waals surface area contributed by atoms with Gasteiger partial charge in [-0.1, -0.05) is 13.8 Å². The van der Waals surface area contributed by atoms with E-state index in [-0.39, 0.29) is 0 Å². The van der Waals surface area contributed by atoms with Crippen LogP contribution >= 0.6 is 0 Å². The fourth-order valence-corrected chi connectivity index (χ4v) is 2.99. The lowest BCUT2D eigenvalue weighted by Crippen LogP contribution is -2.38. The lowest BCUT2D eigenvalue weighted by molar-refractivity contribution is -0.124. The van der Waals surface area contributed by atoms with Crippen molar-refractivity contribution in [3.63, 3.8) is 0 Å². The summed E-state index contributed by atoms with van der Waals surface area (Å²) >= 11 is 0. The van der Waals surface area contributed by atoms with Gasteiger partial charge in [0.25, 0.3) is 0 Å². The van der Waals surface area contributed by atoms with Crippen LogP contribution in [0, 0.1) is 11.3 Å². The summed E-state index contributed by atoms with van der Waals surface area (Å²) in [6, 6.07) is 0.381. The SMILES string of the molecule is CCC(CC)NC(=O)C1CC12CCNCC2. The zero-order valence-electron chi connectivity index (χ0n) is 10.5. The van der Waals surface area contributed by atoms with E-state index in [0.717, 1.165) is 32.4 Å². The fourth-order valence-electron chi connectivity index (χ4n) is 2.99. The molecular formula is C13H24N2O. The zero-order chi connectivity index (χ0) is 11.6. The molecule has 1 heterocycles. The van der Waals surface area contributed by atoms with Crippen LogP contribution < -0.4 is 10.6 Å². The first-order valence-electron chi connectivity index (χ1n) is 6.73. The van der Waals surface area contributed by atoms with E-state index in [2.05, 4.69) is 24.5 Å². The molecule has 0 radical (unpaired) electrons. The van der Waals surface area contributed by atoms with E-state index in [0.29, 0.717) is 23.3 Å². The standard InChI is InChI=1S/C13H24N2O/c1-3-10(4-2)15-12(16)11-9-13(11)5-7-14-8-6-13/h10-11,14H,3-9H2,1-2H3,(H,15,16). The average Bonchev–Trinajstić information content (AvgIpc) is 3.00. The smallest absolute Gasteiger partial charge is 0.223 e. The van der Waals surface area contributed by atoms with Gasteiger partial charge in [-0.25, -0.2) is 0 Å². The lowest BCUT2D eigenvalue weighted by Gasteiger charge is -2.24. The molecule has 1 saturated carbocycles. The summed E-state index contributed by atoms with van der Waals surface area (Å²) in [7, 11) is 0. The second-order valence-corrected chi connectivity index (χ2v) is 5.39. The first-order chi connectivity index (χ1) is 7.72. The van der Waals surface area contributed by atoms with Gasteiger partial charge in [-0.05, 0) is 50.6 Å². The van der Waals surface area contributed by atoms with Crippen molar-refractivity contribution >= 4 is 5.91 Å². The van der Waals surface area contributed by atoms with E-state index < -0.39 is 0 Å². The van der Waals surface area contributed by atoms with Crippen molar-refractivity contribution in [3.05, 3.63) is 0 Å². The van der Waals surface area contributed by atoms with Crippen molar-refractivity contribution in [2.24, 2.45) is 11.3 Å². The molecule has 0 bridgehead atoms. The molecule has 2 aliphatic rings. The Hall–Kier alpha value is -0.570. The van der Waals surface area contributed by atoms with E-state index in [9.17, 15) is 4.79 Å². The number of carbonyl (C=O) groups excluding carboxylic acids is 1. The predicted octanol–water partition coefficient (Wildman–Crippen LogP) is 1.68. The summed E-state index contributed by atoms with van der Waals surface area (Å²) < 4.78 is 0. The number of carbonyl (C=O) groups is 1. The molecule has 3 nitrogen and oxygen atoms in total. The zero-order valence-corrected chi connectivity index (χ0v) is 10.5. The van der Waals surface area contributed by atoms with Gasteiger partial charge in [0.05, 0.1) is 0 Å². The Morgan fingerprint density at radius 2 is 2.00 bits per heavy atom. The van der Waals surface area contributed by atoms with Crippen LogP contribution in [0.1, 0.15) is 46.0 Å². The van der Waals surface area contributed by atoms with Gasteiger partial charge >= 0.3 is 0 Å². The first kappa shape index (κ1) is 11.9. The highest BCUT2D eigenvalue weighted by molar-refractivity contribution is 5.82. The molecule has 0 aromatic rings. The Balaban J connectivity index is 1.83. The number of piperidine rings is 1. The Morgan fingerprint density at radius 1 is 1.38 bits per heavy atom. The molecule has 0 aromatic carbocycles. The van der Waals surface area contributed by atoms with E-state index in [1.165, 1.54) is 12.8 Å². The van der Waals surface area contributed by atoms with Crippen LogP contribution in [0.4, 0.5) is 0 Å². The minimum absolute atomic E-state index is 0.315. The van der Waals surface area contributed by atoms with Crippen LogP contribution in [-0.2, 0) is 4.79 Å². The maximum absolute atomic E-state index is 12.1. The Labute approximate surface area is 98.4 Å². The monoisotopic (exact) mass is 224 g/mol. The third-order valence-corrected chi connectivity index (χ3v) is 4.44. The molecule has 1 unspecified atom stereocenters. The van der Waals surface area contributed by atoms with Crippen molar-refractivity contribution in [3.8, 4) is 0 Å². The maximum atomic E-state index is 12.1. The van der Waals surface area contributed by atoms with Crippen molar-refractivity contribution < 1.29 is 4.79 Å². The summed E-state index contributed by atoms with van der Waals surface area (Å²) in [4.78, 5) is 12.1. The first-order valence-corrected chi connectivity index (χ1v) is 6.73. The molecule has 1 spiro atoms. The van der Waals surface area contributed by atoms with Gasteiger partial charge in [-0.15, -0.1) is 0 Å². The van der Waals surface area contributed by atoms with Gasteiger partial charge in [0, 0.05) is 12.0 Å². The van der Waals surface area contributed by atoms with Crippen molar-refractivity contribution in [2.75, 3.05) is 13.1 Å². The molecule has 2 rings (SSSR count). The van der Waals surface area contributed by atoms with E-state index in [1.54, 1.807) is 0 Å². The van der Waals surface area contributed by atoms with Gasteiger partial charge in [0.15, 0.2) is 0 Å². The Bertz CT molecular complexity index is 255. The second-order valence-electron chi connectivity index (χ2n) is 5.39. The minimum atomic E-state index is 0.315. The average molecular weight is 224 g/mol. The van der Waals surface area contributed by atoms with Crippen molar-refractivity contribution in [1.29, 1.82) is 0 Å². The highest BCUT2D eigenvalue weighted by atomic mass is 16.2. The summed E-state index contributed by atoms with van der Waals surface area (Å²) in [5.41, 5.74) is 0.376. The van der Waals surface area contributed by atoms with Gasteiger partial charge in [0.2, 0.25) is 5.91 Å². The van der Waals surface area contributed by atoms with Crippen LogP contribution in [-0.4, -0.2) is 25.0 Å². The summed E-state index contributed by atoms with van der Waals surface area (Å²) in [5, 5.41) is 6.56. The van der Waals surface area contributed by atoms with Crippen LogP contribution in [0.25, 0.3) is 0 Å². The molecule has 0 aromatic heterocycles. The highest BCUT2D eigenvalue weighted by Gasteiger charge is 2.57. The highest BCUT2D eigenvalue weighted by Crippen LogP contribution is 2.58. The van der Waals surface area contributed by atoms with Gasteiger partial charge in [-0.2, -0.15) is 0 Å². The number of nitrogens with one attached hydrogen (secondary N) is 2. The molecule has 1 aliphatic carbocycles. The molecule has 16 heavy (non-hydrogen) atoms. The molecule has 92 valence electrons. The topological polar surface area (TPSA) is 41.1 Å².